The summed E-state index contributed by atoms with van der Waals surface area (Å²) in [6, 6.07) is 7.24. The van der Waals surface area contributed by atoms with Crippen molar-refractivity contribution in [2.24, 2.45) is 0 Å². The molecule has 2 aromatic rings. The van der Waals surface area contributed by atoms with E-state index in [0.29, 0.717) is 37.7 Å². The van der Waals surface area contributed by atoms with Gasteiger partial charge in [-0.1, -0.05) is 6.07 Å². The zero-order chi connectivity index (χ0) is 22.7. The smallest absolute Gasteiger partial charge is 0.267 e. The number of ether oxygens (including phenoxy) is 2. The summed E-state index contributed by atoms with van der Waals surface area (Å²) in [4.78, 5) is 32.7. The first-order valence-corrected chi connectivity index (χ1v) is 10.9. The molecule has 3 atom stereocenters. The number of aromatic nitrogens is 2. The Kier molecular flexibility index (Phi) is 6.53. The number of hydrogen-bond donors (Lipinski definition) is 1. The summed E-state index contributed by atoms with van der Waals surface area (Å²) in [5.41, 5.74) is 0.224. The van der Waals surface area contributed by atoms with Crippen LogP contribution in [0.15, 0.2) is 34.8 Å². The minimum Gasteiger partial charge on any atom is -0.376 e. The fourth-order valence-corrected chi connectivity index (χ4v) is 4.21. The number of pyridine rings is 1. The standard InChI is InChI=1S/C23H27N5O4/c1-15-13-27(14-16(2)32-15)21-19(23(30)28-8-4-3-7-20(28)26-21)10-17(11-24)22(29)25-12-18-6-5-9-31-18/h3-4,7-8,10,15-16,18H,5-6,9,12-14H2,1-2H3,(H,25,29). The van der Waals surface area contributed by atoms with Gasteiger partial charge < -0.3 is 19.7 Å². The van der Waals surface area contributed by atoms with Gasteiger partial charge in [0.15, 0.2) is 0 Å². The summed E-state index contributed by atoms with van der Waals surface area (Å²) in [7, 11) is 0. The number of amides is 1. The van der Waals surface area contributed by atoms with E-state index in [4.69, 9.17) is 14.5 Å². The zero-order valence-electron chi connectivity index (χ0n) is 18.3. The monoisotopic (exact) mass is 437 g/mol. The summed E-state index contributed by atoms with van der Waals surface area (Å²) < 4.78 is 12.8. The van der Waals surface area contributed by atoms with Crippen LogP contribution in [0.5, 0.6) is 0 Å². The first-order valence-electron chi connectivity index (χ1n) is 10.9. The van der Waals surface area contributed by atoms with Crippen molar-refractivity contribution in [3.8, 4) is 6.07 Å². The quantitative estimate of drug-likeness (QED) is 0.558. The molecule has 0 bridgehead atoms. The molecule has 4 heterocycles. The molecule has 168 valence electrons. The van der Waals surface area contributed by atoms with Gasteiger partial charge in [-0.2, -0.15) is 5.26 Å². The molecule has 0 radical (unpaired) electrons. The summed E-state index contributed by atoms with van der Waals surface area (Å²) in [5, 5.41) is 12.4. The lowest BCUT2D eigenvalue weighted by molar-refractivity contribution is -0.117. The van der Waals surface area contributed by atoms with Crippen molar-refractivity contribution < 1.29 is 14.3 Å². The van der Waals surface area contributed by atoms with Gasteiger partial charge in [-0.15, -0.1) is 0 Å². The predicted octanol–water partition coefficient (Wildman–Crippen LogP) is 1.51. The van der Waals surface area contributed by atoms with E-state index in [1.807, 2.05) is 30.9 Å². The second-order valence-electron chi connectivity index (χ2n) is 8.26. The van der Waals surface area contributed by atoms with Crippen LogP contribution in [0.2, 0.25) is 0 Å². The molecule has 32 heavy (non-hydrogen) atoms. The van der Waals surface area contributed by atoms with Crippen molar-refractivity contribution >= 4 is 23.4 Å². The highest BCUT2D eigenvalue weighted by atomic mass is 16.5. The van der Waals surface area contributed by atoms with E-state index < -0.39 is 5.91 Å². The van der Waals surface area contributed by atoms with Crippen molar-refractivity contribution in [3.63, 3.8) is 0 Å². The van der Waals surface area contributed by atoms with Crippen LogP contribution in [-0.2, 0) is 14.3 Å². The lowest BCUT2D eigenvalue weighted by Crippen LogP contribution is -2.46. The van der Waals surface area contributed by atoms with Crippen LogP contribution in [0.4, 0.5) is 5.82 Å². The largest absolute Gasteiger partial charge is 0.376 e. The molecule has 9 heteroatoms. The van der Waals surface area contributed by atoms with Crippen molar-refractivity contribution in [1.82, 2.24) is 14.7 Å². The molecule has 0 aromatic carbocycles. The Hall–Kier alpha value is -3.22. The molecular weight excluding hydrogens is 410 g/mol. The van der Waals surface area contributed by atoms with E-state index in [2.05, 4.69) is 5.32 Å². The Morgan fingerprint density at radius 1 is 1.34 bits per heavy atom. The molecule has 1 N–H and O–H groups in total. The maximum Gasteiger partial charge on any atom is 0.267 e. The Balaban J connectivity index is 1.73. The maximum absolute atomic E-state index is 13.4. The Morgan fingerprint density at radius 2 is 2.12 bits per heavy atom. The van der Waals surface area contributed by atoms with Gasteiger partial charge in [-0.3, -0.25) is 14.0 Å². The molecule has 3 unspecified atom stereocenters. The van der Waals surface area contributed by atoms with E-state index in [0.717, 1.165) is 12.8 Å². The van der Waals surface area contributed by atoms with E-state index in [1.54, 1.807) is 18.3 Å². The molecule has 4 rings (SSSR count). The fourth-order valence-electron chi connectivity index (χ4n) is 4.21. The number of morpholine rings is 1. The number of carbonyl (C=O) groups excluding carboxylic acids is 1. The number of anilines is 1. The Bertz CT molecular complexity index is 1120. The predicted molar refractivity (Wildman–Crippen MR) is 119 cm³/mol. The van der Waals surface area contributed by atoms with Crippen LogP contribution in [-0.4, -0.2) is 59.8 Å². The van der Waals surface area contributed by atoms with E-state index in [9.17, 15) is 14.9 Å². The minimum atomic E-state index is -0.532. The lowest BCUT2D eigenvalue weighted by atomic mass is 10.1. The van der Waals surface area contributed by atoms with Gasteiger partial charge in [0.05, 0.1) is 23.9 Å². The number of rotatable bonds is 5. The van der Waals surface area contributed by atoms with Gasteiger partial charge >= 0.3 is 0 Å². The highest BCUT2D eigenvalue weighted by Crippen LogP contribution is 2.23. The summed E-state index contributed by atoms with van der Waals surface area (Å²) >= 11 is 0. The summed E-state index contributed by atoms with van der Waals surface area (Å²) in [6.45, 7) is 6.04. The normalized spacial score (nSPS) is 23.8. The Morgan fingerprint density at radius 3 is 2.81 bits per heavy atom. The van der Waals surface area contributed by atoms with Crippen LogP contribution in [0, 0.1) is 11.3 Å². The summed E-state index contributed by atoms with van der Waals surface area (Å²) in [6.07, 6.45) is 4.67. The highest BCUT2D eigenvalue weighted by Gasteiger charge is 2.27. The van der Waals surface area contributed by atoms with E-state index in [1.165, 1.54) is 10.5 Å². The molecule has 2 aliphatic rings. The molecule has 0 spiro atoms. The highest BCUT2D eigenvalue weighted by molar-refractivity contribution is 6.02. The second-order valence-corrected chi connectivity index (χ2v) is 8.26. The van der Waals surface area contributed by atoms with Crippen LogP contribution >= 0.6 is 0 Å². The van der Waals surface area contributed by atoms with Crippen LogP contribution in [0.25, 0.3) is 11.7 Å². The molecule has 0 saturated carbocycles. The summed E-state index contributed by atoms with van der Waals surface area (Å²) in [5.74, 6) is -0.0851. The third kappa shape index (κ3) is 4.66. The van der Waals surface area contributed by atoms with E-state index in [-0.39, 0.29) is 35.0 Å². The van der Waals surface area contributed by atoms with Gasteiger partial charge in [0, 0.05) is 32.4 Å². The van der Waals surface area contributed by atoms with Crippen molar-refractivity contribution in [2.75, 3.05) is 31.1 Å². The second kappa shape index (κ2) is 9.51. The topological polar surface area (TPSA) is 109 Å². The number of fused-ring (bicyclic) bond motifs is 1. The molecule has 2 aliphatic heterocycles. The first kappa shape index (κ1) is 22.0. The first-order chi connectivity index (χ1) is 15.5. The molecule has 2 aromatic heterocycles. The number of nitriles is 1. The fraction of sp³-hybridized carbons (Fsp3) is 0.478. The molecule has 2 saturated heterocycles. The third-order valence-electron chi connectivity index (χ3n) is 5.64. The number of nitrogens with zero attached hydrogens (tertiary/aromatic N) is 4. The molecule has 0 aliphatic carbocycles. The minimum absolute atomic E-state index is 0.0428. The maximum atomic E-state index is 13.4. The Labute approximate surface area is 186 Å². The van der Waals surface area contributed by atoms with Gasteiger partial charge in [0.25, 0.3) is 11.5 Å². The third-order valence-corrected chi connectivity index (χ3v) is 5.64. The van der Waals surface area contributed by atoms with Crippen LogP contribution < -0.4 is 15.8 Å². The lowest BCUT2D eigenvalue weighted by Gasteiger charge is -2.36. The van der Waals surface area contributed by atoms with Gasteiger partial charge in [0.2, 0.25) is 0 Å². The number of hydrogen-bond acceptors (Lipinski definition) is 7. The van der Waals surface area contributed by atoms with E-state index >= 15 is 0 Å². The van der Waals surface area contributed by atoms with Crippen LogP contribution in [0.3, 0.4) is 0 Å². The molecular formula is C23H27N5O4. The molecule has 9 nitrogen and oxygen atoms in total. The van der Waals surface area contributed by atoms with Gasteiger partial charge in [-0.05, 0) is 44.9 Å². The van der Waals surface area contributed by atoms with Crippen molar-refractivity contribution in [1.29, 1.82) is 5.26 Å². The number of carbonyl (C=O) groups is 1. The van der Waals surface area contributed by atoms with Crippen molar-refractivity contribution in [2.45, 2.75) is 45.0 Å². The van der Waals surface area contributed by atoms with Crippen molar-refractivity contribution in [3.05, 3.63) is 45.9 Å². The molecule has 1 amide bonds. The molecule has 2 fully saturated rings. The average Bonchev–Trinajstić information content (AvgIpc) is 3.30. The average molecular weight is 438 g/mol. The van der Waals surface area contributed by atoms with Gasteiger partial charge in [-0.25, -0.2) is 4.98 Å². The van der Waals surface area contributed by atoms with Crippen LogP contribution in [0.1, 0.15) is 32.3 Å². The SMILES string of the molecule is CC1CN(c2nc3ccccn3c(=O)c2C=C(C#N)C(=O)NCC2CCCO2)CC(C)O1. The van der Waals surface area contributed by atoms with Gasteiger partial charge in [0.1, 0.15) is 23.1 Å². The zero-order valence-corrected chi connectivity index (χ0v) is 18.3. The number of nitrogens with one attached hydrogen (secondary N) is 1.